The minimum Gasteiger partial charge on any atom is -0.258 e. The van der Waals surface area contributed by atoms with E-state index in [-0.39, 0.29) is 5.69 Å². The molecule has 2 aromatic heterocycles. The van der Waals surface area contributed by atoms with Crippen molar-refractivity contribution in [1.82, 2.24) is 15.2 Å². The van der Waals surface area contributed by atoms with Crippen molar-refractivity contribution in [2.45, 2.75) is 10.2 Å². The van der Waals surface area contributed by atoms with Crippen molar-refractivity contribution in [2.24, 2.45) is 0 Å². The topological polar surface area (TPSA) is 88.6 Å². The molecule has 0 bridgehead atoms. The lowest BCUT2D eigenvalue weighted by molar-refractivity contribution is -0.625. The molecule has 0 unspecified atom stereocenters. The summed E-state index contributed by atoms with van der Waals surface area (Å²) in [5.74, 6) is 0.785. The standard InChI is InChI=1S/C19H12ClN5O2S/c20-14-8-6-13(7-9-14)18-22-23-19(24(18)15-4-2-1-3-5-15)28-17-11-10-16(12-21-17)25(26)27/h1-12H/p+1. The number of halogens is 1. The molecule has 138 valence electrons. The van der Waals surface area contributed by atoms with Crippen LogP contribution in [0, 0.1) is 10.1 Å². The largest absolute Gasteiger partial charge is 0.348 e. The molecule has 0 radical (unpaired) electrons. The molecule has 4 rings (SSSR count). The molecule has 1 N–H and O–H groups in total. The van der Waals surface area contributed by atoms with Crippen LogP contribution in [0.4, 0.5) is 5.69 Å². The second-order valence-electron chi connectivity index (χ2n) is 5.75. The van der Waals surface area contributed by atoms with Crippen molar-refractivity contribution in [1.29, 1.82) is 0 Å². The second-order valence-corrected chi connectivity index (χ2v) is 7.17. The van der Waals surface area contributed by atoms with E-state index in [4.69, 9.17) is 11.6 Å². The van der Waals surface area contributed by atoms with Crippen molar-refractivity contribution in [3.8, 4) is 17.1 Å². The highest BCUT2D eigenvalue weighted by Gasteiger charge is 2.25. The van der Waals surface area contributed by atoms with Gasteiger partial charge in [-0.2, -0.15) is 4.57 Å². The van der Waals surface area contributed by atoms with Crippen molar-refractivity contribution in [3.05, 3.63) is 88.1 Å². The van der Waals surface area contributed by atoms with Crippen molar-refractivity contribution in [2.75, 3.05) is 0 Å². The normalized spacial score (nSPS) is 10.8. The van der Waals surface area contributed by atoms with Gasteiger partial charge in [0.1, 0.15) is 16.9 Å². The average Bonchev–Trinajstić information content (AvgIpc) is 3.13. The van der Waals surface area contributed by atoms with E-state index in [1.165, 1.54) is 24.0 Å². The lowest BCUT2D eigenvalue weighted by Gasteiger charge is -2.04. The highest BCUT2D eigenvalue weighted by molar-refractivity contribution is 7.99. The van der Waals surface area contributed by atoms with Crippen LogP contribution >= 0.6 is 23.4 Å². The Bertz CT molecular complexity index is 1120. The molecular formula is C19H13ClN5O2S+. The molecule has 2 aromatic carbocycles. The van der Waals surface area contributed by atoms with Gasteiger partial charge in [0.2, 0.25) is 0 Å². The summed E-state index contributed by atoms with van der Waals surface area (Å²) < 4.78 is 1.97. The first kappa shape index (κ1) is 18.1. The molecule has 0 aliphatic rings. The predicted octanol–water partition coefficient (Wildman–Crippen LogP) is 4.46. The second kappa shape index (κ2) is 7.79. The van der Waals surface area contributed by atoms with Gasteiger partial charge in [-0.25, -0.2) is 4.98 Å². The molecule has 28 heavy (non-hydrogen) atoms. The molecule has 4 aromatic rings. The fraction of sp³-hybridized carbons (Fsp3) is 0. The first-order valence-corrected chi connectivity index (χ1v) is 9.41. The maximum atomic E-state index is 10.8. The maximum absolute atomic E-state index is 10.8. The van der Waals surface area contributed by atoms with E-state index in [1.54, 1.807) is 6.07 Å². The summed E-state index contributed by atoms with van der Waals surface area (Å²) >= 11 is 7.32. The Morgan fingerprint density at radius 1 is 1.04 bits per heavy atom. The number of nitrogens with one attached hydrogen (secondary N) is 1. The Balaban J connectivity index is 1.77. The van der Waals surface area contributed by atoms with Gasteiger partial charge in [0.05, 0.1) is 15.6 Å². The van der Waals surface area contributed by atoms with E-state index < -0.39 is 4.92 Å². The Morgan fingerprint density at radius 2 is 1.79 bits per heavy atom. The number of hydrogen-bond donors (Lipinski definition) is 1. The molecule has 0 aliphatic heterocycles. The zero-order valence-electron chi connectivity index (χ0n) is 14.3. The SMILES string of the molecule is O=[N+]([O-])c1ccc(Sc2n[nH]c(-c3ccc(Cl)cc3)[n+]2-c2ccccc2)nc1. The van der Waals surface area contributed by atoms with Crippen LogP contribution in [0.3, 0.4) is 0 Å². The number of H-pyrrole nitrogens is 1. The van der Waals surface area contributed by atoms with Gasteiger partial charge in [0.15, 0.2) is 0 Å². The van der Waals surface area contributed by atoms with Gasteiger partial charge in [0.25, 0.3) is 11.5 Å². The average molecular weight is 411 g/mol. The lowest BCUT2D eigenvalue weighted by atomic mass is 10.2. The molecule has 9 heteroatoms. The van der Waals surface area contributed by atoms with Crippen LogP contribution in [-0.4, -0.2) is 20.1 Å². The number of nitro groups is 1. The van der Waals surface area contributed by atoms with Crippen LogP contribution in [0.2, 0.25) is 5.02 Å². The highest BCUT2D eigenvalue weighted by atomic mass is 35.5. The third-order valence-corrected chi connectivity index (χ3v) is 5.09. The number of aromatic nitrogens is 4. The minimum absolute atomic E-state index is 0.0517. The first-order chi connectivity index (χ1) is 13.6. The Labute approximate surface area is 169 Å². The summed E-state index contributed by atoms with van der Waals surface area (Å²) in [6, 6.07) is 20.3. The van der Waals surface area contributed by atoms with Crippen LogP contribution in [0.15, 0.2) is 83.1 Å². The van der Waals surface area contributed by atoms with Crippen LogP contribution in [-0.2, 0) is 0 Å². The Morgan fingerprint density at radius 3 is 2.43 bits per heavy atom. The van der Waals surface area contributed by atoms with Gasteiger partial charge in [-0.1, -0.05) is 29.8 Å². The van der Waals surface area contributed by atoms with E-state index in [1.807, 2.05) is 59.2 Å². The number of pyridine rings is 1. The molecule has 0 aliphatic carbocycles. The van der Waals surface area contributed by atoms with Gasteiger partial charge in [-0.15, -0.1) is 5.10 Å². The van der Waals surface area contributed by atoms with Crippen molar-refractivity contribution < 1.29 is 9.49 Å². The Hall–Kier alpha value is -3.23. The number of para-hydroxylation sites is 1. The summed E-state index contributed by atoms with van der Waals surface area (Å²) in [6.45, 7) is 0. The number of nitrogens with zero attached hydrogens (tertiary/aromatic N) is 4. The monoisotopic (exact) mass is 410 g/mol. The third kappa shape index (κ3) is 3.73. The molecule has 0 atom stereocenters. The quantitative estimate of drug-likeness (QED) is 0.298. The van der Waals surface area contributed by atoms with Gasteiger partial charge in [-0.05, 0) is 42.5 Å². The molecule has 0 spiro atoms. The maximum Gasteiger partial charge on any atom is 0.348 e. The van der Waals surface area contributed by atoms with Crippen molar-refractivity contribution in [3.63, 3.8) is 0 Å². The van der Waals surface area contributed by atoms with Crippen LogP contribution in [0.25, 0.3) is 17.1 Å². The smallest absolute Gasteiger partial charge is 0.258 e. The zero-order chi connectivity index (χ0) is 19.5. The molecule has 2 heterocycles. The third-order valence-electron chi connectivity index (χ3n) is 3.93. The zero-order valence-corrected chi connectivity index (χ0v) is 15.9. The Kier molecular flexibility index (Phi) is 5.05. The van der Waals surface area contributed by atoms with Gasteiger partial charge in [0, 0.05) is 22.9 Å². The van der Waals surface area contributed by atoms with E-state index >= 15 is 0 Å². The summed E-state index contributed by atoms with van der Waals surface area (Å²) in [5.41, 5.74) is 1.79. The van der Waals surface area contributed by atoms with Gasteiger partial charge < -0.3 is 0 Å². The summed E-state index contributed by atoms with van der Waals surface area (Å²) in [6.07, 6.45) is 1.24. The van der Waals surface area contributed by atoms with E-state index in [0.29, 0.717) is 15.2 Å². The molecule has 7 nitrogen and oxygen atoms in total. The molecule has 0 saturated heterocycles. The summed E-state index contributed by atoms with van der Waals surface area (Å²) in [5, 5.41) is 20.2. The van der Waals surface area contributed by atoms with E-state index in [0.717, 1.165) is 17.1 Å². The summed E-state index contributed by atoms with van der Waals surface area (Å²) in [7, 11) is 0. The minimum atomic E-state index is -0.473. The highest BCUT2D eigenvalue weighted by Crippen LogP contribution is 2.26. The summed E-state index contributed by atoms with van der Waals surface area (Å²) in [4.78, 5) is 14.5. The lowest BCUT2D eigenvalue weighted by Crippen LogP contribution is -2.33. The number of aromatic amines is 1. The van der Waals surface area contributed by atoms with Gasteiger partial charge in [-0.3, -0.25) is 10.1 Å². The molecule has 0 saturated carbocycles. The van der Waals surface area contributed by atoms with Gasteiger partial charge >= 0.3 is 5.16 Å². The van der Waals surface area contributed by atoms with Crippen LogP contribution in [0.1, 0.15) is 0 Å². The van der Waals surface area contributed by atoms with E-state index in [9.17, 15) is 10.1 Å². The first-order valence-electron chi connectivity index (χ1n) is 8.22. The number of benzene rings is 2. The number of hydrogen-bond acceptors (Lipinski definition) is 5. The van der Waals surface area contributed by atoms with Crippen molar-refractivity contribution >= 4 is 29.1 Å². The fourth-order valence-electron chi connectivity index (χ4n) is 2.62. The number of rotatable bonds is 5. The molecule has 0 amide bonds. The molecule has 0 fully saturated rings. The fourth-order valence-corrected chi connectivity index (χ4v) is 3.55. The molecular weight excluding hydrogens is 398 g/mol. The van der Waals surface area contributed by atoms with E-state index in [2.05, 4.69) is 15.2 Å². The van der Waals surface area contributed by atoms with Crippen LogP contribution in [0.5, 0.6) is 0 Å². The predicted molar refractivity (Wildman–Crippen MR) is 106 cm³/mol. The van der Waals surface area contributed by atoms with Crippen LogP contribution < -0.4 is 4.57 Å².